The normalized spacial score (nSPS) is 14.2. The largest absolute Gasteiger partial charge is 0.352 e. The molecule has 1 unspecified atom stereocenters. The van der Waals surface area contributed by atoms with E-state index < -0.39 is 34.3 Å². The number of nitrogens with zero attached hydrogens (tertiary/aromatic N) is 2. The average Bonchev–Trinajstić information content (AvgIpc) is 3.10. The van der Waals surface area contributed by atoms with Crippen molar-refractivity contribution in [1.82, 2.24) is 10.2 Å². The highest BCUT2D eigenvalue weighted by Gasteiger charge is 2.35. The summed E-state index contributed by atoms with van der Waals surface area (Å²) in [5.74, 6) is -1.48. The smallest absolute Gasteiger partial charge is 0.264 e. The maximum absolute atomic E-state index is 15.2. The molecule has 0 bridgehead atoms. The minimum atomic E-state index is -4.23. The second-order valence-electron chi connectivity index (χ2n) is 12.2. The third kappa shape index (κ3) is 8.85. The van der Waals surface area contributed by atoms with Crippen molar-refractivity contribution < 1.29 is 22.4 Å². The molecule has 48 heavy (non-hydrogen) atoms. The van der Waals surface area contributed by atoms with Crippen LogP contribution in [-0.2, 0) is 32.6 Å². The number of hydrogen-bond acceptors (Lipinski definition) is 5. The van der Waals surface area contributed by atoms with Crippen LogP contribution in [0, 0.1) is 12.7 Å². The zero-order valence-corrected chi connectivity index (χ0v) is 29.0. The first kappa shape index (κ1) is 35.2. The SMILES string of the molecule is CSc1ccc(S(=O)(=O)N(CC(=O)N(Cc2ccccc2F)C(Cc2ccccc2)C(=O)NC2CCCCC2)c2ccc(C)cc2)cc1. The second kappa shape index (κ2) is 16.3. The van der Waals surface area contributed by atoms with Gasteiger partial charge in [0.05, 0.1) is 10.6 Å². The molecule has 4 aromatic rings. The number of halogens is 1. The molecule has 0 heterocycles. The van der Waals surface area contributed by atoms with Crippen molar-refractivity contribution in [2.24, 2.45) is 0 Å². The number of amides is 2. The third-order valence-corrected chi connectivity index (χ3v) is 11.3. The number of rotatable bonds is 13. The Morgan fingerprint density at radius 1 is 0.875 bits per heavy atom. The number of aryl methyl sites for hydroxylation is 1. The molecule has 0 spiro atoms. The lowest BCUT2D eigenvalue weighted by molar-refractivity contribution is -0.140. The molecule has 7 nitrogen and oxygen atoms in total. The van der Waals surface area contributed by atoms with Crippen LogP contribution in [-0.4, -0.2) is 50.0 Å². The minimum absolute atomic E-state index is 0.0244. The molecule has 0 radical (unpaired) electrons. The van der Waals surface area contributed by atoms with Gasteiger partial charge in [-0.1, -0.05) is 85.5 Å². The number of benzene rings is 4. The standard InChI is InChI=1S/C38H42FN3O4S2/c1-28-17-19-32(20-18-28)42(48(45,46)34-23-21-33(47-2)22-24-34)27-37(43)41(26-30-13-9-10-16-35(30)39)36(25-29-11-5-3-6-12-29)38(44)40-31-14-7-4-8-15-31/h3,5-6,9-13,16-24,31,36H,4,7-8,14-15,25-27H2,1-2H3,(H,40,44). The van der Waals surface area contributed by atoms with Crippen LogP contribution in [0.5, 0.6) is 0 Å². The molecular formula is C38H42FN3O4S2. The molecule has 1 N–H and O–H groups in total. The van der Waals surface area contributed by atoms with E-state index in [1.165, 1.54) is 34.9 Å². The molecule has 1 fully saturated rings. The fourth-order valence-electron chi connectivity index (χ4n) is 6.02. The summed E-state index contributed by atoms with van der Waals surface area (Å²) in [7, 11) is -4.23. The van der Waals surface area contributed by atoms with Crippen molar-refractivity contribution in [1.29, 1.82) is 0 Å². The van der Waals surface area contributed by atoms with Crippen molar-refractivity contribution >= 4 is 39.3 Å². The molecule has 0 aliphatic heterocycles. The van der Waals surface area contributed by atoms with E-state index in [0.29, 0.717) is 5.69 Å². The van der Waals surface area contributed by atoms with Gasteiger partial charge in [-0.2, -0.15) is 0 Å². The Bertz CT molecular complexity index is 1780. The monoisotopic (exact) mass is 687 g/mol. The van der Waals surface area contributed by atoms with Crippen LogP contribution in [0.15, 0.2) is 113 Å². The summed E-state index contributed by atoms with van der Waals surface area (Å²) in [4.78, 5) is 31.1. The number of anilines is 1. The topological polar surface area (TPSA) is 86.8 Å². The lowest BCUT2D eigenvalue weighted by Crippen LogP contribution is -2.55. The molecule has 0 saturated heterocycles. The van der Waals surface area contributed by atoms with E-state index >= 15 is 4.39 Å². The zero-order valence-electron chi connectivity index (χ0n) is 27.3. The summed E-state index contributed by atoms with van der Waals surface area (Å²) < 4.78 is 44.8. The highest BCUT2D eigenvalue weighted by molar-refractivity contribution is 7.98. The van der Waals surface area contributed by atoms with Gasteiger partial charge in [0.15, 0.2) is 0 Å². The fourth-order valence-corrected chi connectivity index (χ4v) is 7.85. The van der Waals surface area contributed by atoms with Gasteiger partial charge in [-0.15, -0.1) is 11.8 Å². The number of carbonyl (C=O) groups excluding carboxylic acids is 2. The van der Waals surface area contributed by atoms with Gasteiger partial charge in [-0.05, 0) is 74.0 Å². The van der Waals surface area contributed by atoms with Gasteiger partial charge in [0.25, 0.3) is 10.0 Å². The maximum Gasteiger partial charge on any atom is 0.264 e. The number of hydrogen-bond donors (Lipinski definition) is 1. The number of thioether (sulfide) groups is 1. The maximum atomic E-state index is 15.2. The quantitative estimate of drug-likeness (QED) is 0.151. The Hall–Kier alpha value is -4.15. The van der Waals surface area contributed by atoms with Crippen LogP contribution in [0.4, 0.5) is 10.1 Å². The van der Waals surface area contributed by atoms with Crippen molar-refractivity contribution in [3.63, 3.8) is 0 Å². The van der Waals surface area contributed by atoms with Crippen molar-refractivity contribution in [3.05, 3.63) is 126 Å². The summed E-state index contributed by atoms with van der Waals surface area (Å²) in [6, 6.07) is 27.9. The van der Waals surface area contributed by atoms with E-state index in [1.54, 1.807) is 54.6 Å². The molecule has 10 heteroatoms. The van der Waals surface area contributed by atoms with Crippen LogP contribution in [0.2, 0.25) is 0 Å². The molecule has 2 amide bonds. The Labute approximate surface area is 287 Å². The van der Waals surface area contributed by atoms with Gasteiger partial charge in [0, 0.05) is 29.5 Å². The molecule has 4 aromatic carbocycles. The van der Waals surface area contributed by atoms with E-state index in [9.17, 15) is 18.0 Å². The van der Waals surface area contributed by atoms with E-state index in [-0.39, 0.29) is 35.4 Å². The van der Waals surface area contributed by atoms with Gasteiger partial charge >= 0.3 is 0 Å². The molecule has 0 aromatic heterocycles. The highest BCUT2D eigenvalue weighted by atomic mass is 32.2. The zero-order chi connectivity index (χ0) is 34.1. The molecule has 252 valence electrons. The molecular weight excluding hydrogens is 646 g/mol. The molecule has 1 aliphatic rings. The van der Waals surface area contributed by atoms with Gasteiger partial charge < -0.3 is 10.2 Å². The average molecular weight is 688 g/mol. The Morgan fingerprint density at radius 2 is 1.52 bits per heavy atom. The fraction of sp³-hybridized carbons (Fsp3) is 0.316. The molecule has 1 aliphatic carbocycles. The number of nitrogens with one attached hydrogen (secondary N) is 1. The van der Waals surface area contributed by atoms with Crippen molar-refractivity contribution in [3.8, 4) is 0 Å². The Morgan fingerprint density at radius 3 is 2.17 bits per heavy atom. The first-order chi connectivity index (χ1) is 23.2. The summed E-state index contributed by atoms with van der Waals surface area (Å²) in [5.41, 5.74) is 2.28. The van der Waals surface area contributed by atoms with Crippen LogP contribution in [0.3, 0.4) is 0 Å². The van der Waals surface area contributed by atoms with E-state index in [4.69, 9.17) is 0 Å². The third-order valence-electron chi connectivity index (χ3n) is 8.77. The van der Waals surface area contributed by atoms with Crippen LogP contribution >= 0.6 is 11.8 Å². The van der Waals surface area contributed by atoms with Crippen LogP contribution in [0.1, 0.15) is 48.8 Å². The highest BCUT2D eigenvalue weighted by Crippen LogP contribution is 2.27. The molecule has 1 atom stereocenters. The van der Waals surface area contributed by atoms with Gasteiger partial charge in [-0.3, -0.25) is 13.9 Å². The second-order valence-corrected chi connectivity index (χ2v) is 14.9. The first-order valence-electron chi connectivity index (χ1n) is 16.3. The lowest BCUT2D eigenvalue weighted by Gasteiger charge is -2.35. The van der Waals surface area contributed by atoms with Crippen LogP contribution < -0.4 is 9.62 Å². The van der Waals surface area contributed by atoms with Gasteiger partial charge in [0.1, 0.15) is 18.4 Å². The van der Waals surface area contributed by atoms with Gasteiger partial charge in [0.2, 0.25) is 11.8 Å². The van der Waals surface area contributed by atoms with Gasteiger partial charge in [-0.25, -0.2) is 12.8 Å². The summed E-state index contributed by atoms with van der Waals surface area (Å²) in [6.07, 6.45) is 6.90. The lowest BCUT2D eigenvalue weighted by atomic mass is 9.94. The van der Waals surface area contributed by atoms with E-state index in [2.05, 4.69) is 5.32 Å². The minimum Gasteiger partial charge on any atom is -0.352 e. The predicted molar refractivity (Wildman–Crippen MR) is 190 cm³/mol. The Balaban J connectivity index is 1.56. The first-order valence-corrected chi connectivity index (χ1v) is 18.9. The van der Waals surface area contributed by atoms with Crippen LogP contribution in [0.25, 0.3) is 0 Å². The molecule has 5 rings (SSSR count). The summed E-state index contributed by atoms with van der Waals surface area (Å²) in [6.45, 7) is 1.08. The predicted octanol–water partition coefficient (Wildman–Crippen LogP) is 7.14. The summed E-state index contributed by atoms with van der Waals surface area (Å²) in [5, 5.41) is 3.17. The number of carbonyl (C=O) groups is 2. The van der Waals surface area contributed by atoms with E-state index in [0.717, 1.165) is 52.4 Å². The molecule has 1 saturated carbocycles. The number of sulfonamides is 1. The van der Waals surface area contributed by atoms with Crippen molar-refractivity contribution in [2.75, 3.05) is 17.1 Å². The van der Waals surface area contributed by atoms with Crippen molar-refractivity contribution in [2.45, 2.75) is 73.9 Å². The Kier molecular flexibility index (Phi) is 11.9. The van der Waals surface area contributed by atoms with E-state index in [1.807, 2.05) is 43.5 Å². The summed E-state index contributed by atoms with van der Waals surface area (Å²) >= 11 is 1.49.